The number of nitrogens with one attached hydrogen (secondary N) is 1. The van der Waals surface area contributed by atoms with E-state index in [1.54, 1.807) is 0 Å². The Morgan fingerprint density at radius 1 is 0.857 bits per heavy atom. The molecule has 0 aliphatic heterocycles. The first-order chi connectivity index (χ1) is 13.6. The lowest BCUT2D eigenvalue weighted by Gasteiger charge is -2.25. The van der Waals surface area contributed by atoms with E-state index in [9.17, 15) is 4.79 Å². The van der Waals surface area contributed by atoms with E-state index in [2.05, 4.69) is 24.4 Å². The van der Waals surface area contributed by atoms with Gasteiger partial charge in [-0.1, -0.05) is 79.7 Å². The Morgan fingerprint density at radius 3 is 2.11 bits per heavy atom. The predicted molar refractivity (Wildman–Crippen MR) is 113 cm³/mol. The molecule has 0 saturated carbocycles. The van der Waals surface area contributed by atoms with Crippen LogP contribution < -0.4 is 10.1 Å². The number of amides is 1. The van der Waals surface area contributed by atoms with E-state index in [0.29, 0.717) is 6.42 Å². The summed E-state index contributed by atoms with van der Waals surface area (Å²) in [6.45, 7) is 6.02. The van der Waals surface area contributed by atoms with Crippen LogP contribution in [0.3, 0.4) is 0 Å². The third kappa shape index (κ3) is 4.61. The minimum Gasteiger partial charge on any atom is -0.480 e. The number of carbonyl (C=O) groups is 1. The third-order valence-corrected chi connectivity index (χ3v) is 4.95. The van der Waals surface area contributed by atoms with Crippen molar-refractivity contribution >= 4 is 5.91 Å². The highest BCUT2D eigenvalue weighted by Gasteiger charge is 2.24. The largest absolute Gasteiger partial charge is 0.480 e. The number of ether oxygens (including phenoxy) is 1. The molecule has 1 amide bonds. The van der Waals surface area contributed by atoms with Gasteiger partial charge < -0.3 is 10.1 Å². The Kier molecular flexibility index (Phi) is 6.49. The van der Waals surface area contributed by atoms with E-state index in [1.165, 1.54) is 0 Å². The van der Waals surface area contributed by atoms with Gasteiger partial charge in [0.15, 0.2) is 6.10 Å². The monoisotopic (exact) mass is 373 g/mol. The highest BCUT2D eigenvalue weighted by atomic mass is 16.5. The van der Waals surface area contributed by atoms with Crippen molar-refractivity contribution in [1.82, 2.24) is 5.32 Å². The van der Waals surface area contributed by atoms with E-state index in [1.807, 2.05) is 80.6 Å². The molecule has 0 unspecified atom stereocenters. The van der Waals surface area contributed by atoms with Crippen molar-refractivity contribution in [2.45, 2.75) is 39.3 Å². The molecule has 0 spiro atoms. The summed E-state index contributed by atoms with van der Waals surface area (Å²) in [5.74, 6) is 0.638. The van der Waals surface area contributed by atoms with Crippen LogP contribution >= 0.6 is 0 Å². The summed E-state index contributed by atoms with van der Waals surface area (Å²) in [4.78, 5) is 13.1. The molecule has 0 aliphatic rings. The number of aryl methyl sites for hydroxylation is 2. The first-order valence-electron chi connectivity index (χ1n) is 9.73. The number of para-hydroxylation sites is 1. The van der Waals surface area contributed by atoms with Crippen molar-refractivity contribution in [3.8, 4) is 5.75 Å². The van der Waals surface area contributed by atoms with Crippen LogP contribution in [-0.2, 0) is 4.79 Å². The van der Waals surface area contributed by atoms with Crippen molar-refractivity contribution in [2.24, 2.45) is 0 Å². The smallest absolute Gasteiger partial charge is 0.261 e. The molecule has 1 N–H and O–H groups in total. The van der Waals surface area contributed by atoms with E-state index in [0.717, 1.165) is 28.0 Å². The molecule has 0 bridgehead atoms. The first kappa shape index (κ1) is 19.7. The van der Waals surface area contributed by atoms with Crippen LogP contribution in [0.15, 0.2) is 78.9 Å². The molecule has 2 atom stereocenters. The van der Waals surface area contributed by atoms with Gasteiger partial charge in [-0.25, -0.2) is 0 Å². The fourth-order valence-electron chi connectivity index (χ4n) is 3.30. The molecule has 28 heavy (non-hydrogen) atoms. The molecule has 3 nitrogen and oxygen atoms in total. The van der Waals surface area contributed by atoms with E-state index in [-0.39, 0.29) is 11.9 Å². The van der Waals surface area contributed by atoms with Gasteiger partial charge in [0.05, 0.1) is 6.04 Å². The molecule has 144 valence electrons. The molecule has 0 fully saturated rings. The van der Waals surface area contributed by atoms with Crippen LogP contribution in [0.2, 0.25) is 0 Å². The number of hydrogen-bond acceptors (Lipinski definition) is 2. The lowest BCUT2D eigenvalue weighted by Crippen LogP contribution is -2.40. The average molecular weight is 373 g/mol. The zero-order valence-electron chi connectivity index (χ0n) is 16.7. The van der Waals surface area contributed by atoms with Gasteiger partial charge in [-0.2, -0.15) is 0 Å². The van der Waals surface area contributed by atoms with Gasteiger partial charge in [0, 0.05) is 0 Å². The van der Waals surface area contributed by atoms with Crippen LogP contribution in [-0.4, -0.2) is 12.0 Å². The van der Waals surface area contributed by atoms with Crippen LogP contribution in [0.1, 0.15) is 41.6 Å². The number of benzene rings is 3. The molecular formula is C25H27NO2. The molecule has 0 saturated heterocycles. The minimum atomic E-state index is -0.545. The highest BCUT2D eigenvalue weighted by Crippen LogP contribution is 2.26. The van der Waals surface area contributed by atoms with Gasteiger partial charge in [-0.15, -0.1) is 0 Å². The molecule has 3 heteroatoms. The lowest BCUT2D eigenvalue weighted by molar-refractivity contribution is -0.128. The zero-order valence-corrected chi connectivity index (χ0v) is 16.7. The molecule has 3 aromatic carbocycles. The lowest BCUT2D eigenvalue weighted by atomic mass is 9.94. The second-order valence-corrected chi connectivity index (χ2v) is 6.99. The second-order valence-electron chi connectivity index (χ2n) is 6.99. The summed E-state index contributed by atoms with van der Waals surface area (Å²) in [7, 11) is 0. The van der Waals surface area contributed by atoms with Crippen molar-refractivity contribution in [3.63, 3.8) is 0 Å². The standard InChI is InChI=1S/C25H27NO2/c1-4-22(28-23-17-11-9-13-19(23)3)25(27)26-24(20-14-6-5-7-15-20)21-16-10-8-12-18(21)2/h5-17,22,24H,4H2,1-3H3,(H,26,27)/t22-,24+/m0/s1. The normalized spacial score (nSPS) is 12.8. The van der Waals surface area contributed by atoms with E-state index in [4.69, 9.17) is 4.74 Å². The summed E-state index contributed by atoms with van der Waals surface area (Å²) >= 11 is 0. The van der Waals surface area contributed by atoms with Crippen LogP contribution in [0.5, 0.6) is 5.75 Å². The van der Waals surface area contributed by atoms with Gasteiger partial charge >= 0.3 is 0 Å². The second kappa shape index (κ2) is 9.23. The maximum absolute atomic E-state index is 13.1. The Bertz CT molecular complexity index is 921. The Balaban J connectivity index is 1.86. The molecular weight excluding hydrogens is 346 g/mol. The van der Waals surface area contributed by atoms with Gasteiger partial charge in [0.2, 0.25) is 0 Å². The summed E-state index contributed by atoms with van der Waals surface area (Å²) in [6, 6.07) is 25.8. The quantitative estimate of drug-likeness (QED) is 0.605. The molecule has 0 aromatic heterocycles. The van der Waals surface area contributed by atoms with Gasteiger partial charge in [0.25, 0.3) is 5.91 Å². The molecule has 3 rings (SSSR count). The average Bonchev–Trinajstić information content (AvgIpc) is 2.72. The number of rotatable bonds is 7. The topological polar surface area (TPSA) is 38.3 Å². The van der Waals surface area contributed by atoms with Gasteiger partial charge in [-0.05, 0) is 48.6 Å². The summed E-state index contributed by atoms with van der Waals surface area (Å²) in [5, 5.41) is 3.22. The van der Waals surface area contributed by atoms with Crippen molar-refractivity contribution in [1.29, 1.82) is 0 Å². The molecule has 0 aliphatic carbocycles. The Hall–Kier alpha value is -3.07. The van der Waals surface area contributed by atoms with Crippen LogP contribution in [0, 0.1) is 13.8 Å². The molecule has 3 aromatic rings. The van der Waals surface area contributed by atoms with E-state index >= 15 is 0 Å². The minimum absolute atomic E-state index is 0.108. The Morgan fingerprint density at radius 2 is 1.46 bits per heavy atom. The maximum atomic E-state index is 13.1. The highest BCUT2D eigenvalue weighted by molar-refractivity contribution is 5.82. The SMILES string of the molecule is CC[C@H](Oc1ccccc1C)C(=O)N[C@H](c1ccccc1)c1ccccc1C. The van der Waals surface area contributed by atoms with Crippen molar-refractivity contribution < 1.29 is 9.53 Å². The fourth-order valence-corrected chi connectivity index (χ4v) is 3.30. The molecule has 0 radical (unpaired) electrons. The first-order valence-corrected chi connectivity index (χ1v) is 9.73. The van der Waals surface area contributed by atoms with Crippen LogP contribution in [0.25, 0.3) is 0 Å². The zero-order chi connectivity index (χ0) is 19.9. The number of hydrogen-bond donors (Lipinski definition) is 1. The molecule has 0 heterocycles. The van der Waals surface area contributed by atoms with Crippen molar-refractivity contribution in [3.05, 3.63) is 101 Å². The fraction of sp³-hybridized carbons (Fsp3) is 0.240. The predicted octanol–water partition coefficient (Wildman–Crippen LogP) is 5.37. The summed E-state index contributed by atoms with van der Waals surface area (Å²) < 4.78 is 6.05. The van der Waals surface area contributed by atoms with Crippen LogP contribution in [0.4, 0.5) is 0 Å². The summed E-state index contributed by atoms with van der Waals surface area (Å²) in [5.41, 5.74) is 4.31. The van der Waals surface area contributed by atoms with Gasteiger partial charge in [-0.3, -0.25) is 4.79 Å². The maximum Gasteiger partial charge on any atom is 0.261 e. The summed E-state index contributed by atoms with van der Waals surface area (Å²) in [6.07, 6.45) is 0.0476. The van der Waals surface area contributed by atoms with Gasteiger partial charge in [0.1, 0.15) is 5.75 Å². The number of carbonyl (C=O) groups excluding carboxylic acids is 1. The van der Waals surface area contributed by atoms with E-state index < -0.39 is 6.10 Å². The third-order valence-electron chi connectivity index (χ3n) is 4.95. The van der Waals surface area contributed by atoms with Crippen molar-refractivity contribution in [2.75, 3.05) is 0 Å². The Labute approximate surface area is 167 Å².